The first-order valence-corrected chi connectivity index (χ1v) is 6.45. The summed E-state index contributed by atoms with van der Waals surface area (Å²) in [5.41, 5.74) is 3.89. The van der Waals surface area contributed by atoms with E-state index >= 15 is 0 Å². The summed E-state index contributed by atoms with van der Waals surface area (Å²) in [6.07, 6.45) is -4.59. The lowest BCUT2D eigenvalue weighted by molar-refractivity contribution is -0.136. The molecule has 0 heterocycles. The SMILES string of the molecule is COCCN(C(=O)c1ccc(N)c(C(F)(F)F)c1)C(C)C. The molecule has 0 unspecified atom stereocenters. The lowest BCUT2D eigenvalue weighted by Gasteiger charge is -2.27. The first kappa shape index (κ1) is 17.3. The van der Waals surface area contributed by atoms with Gasteiger partial charge in [0.1, 0.15) is 0 Å². The fourth-order valence-electron chi connectivity index (χ4n) is 1.88. The van der Waals surface area contributed by atoms with E-state index in [0.29, 0.717) is 13.2 Å². The topological polar surface area (TPSA) is 55.6 Å². The molecule has 0 fully saturated rings. The zero-order chi connectivity index (χ0) is 16.2. The van der Waals surface area contributed by atoms with Crippen LogP contribution in [0, 0.1) is 0 Å². The maximum atomic E-state index is 12.8. The van der Waals surface area contributed by atoms with Gasteiger partial charge in [0, 0.05) is 30.9 Å². The van der Waals surface area contributed by atoms with Crippen molar-refractivity contribution in [3.63, 3.8) is 0 Å². The molecule has 1 aromatic carbocycles. The number of alkyl halides is 3. The molecule has 7 heteroatoms. The van der Waals surface area contributed by atoms with Crippen LogP contribution in [0.5, 0.6) is 0 Å². The van der Waals surface area contributed by atoms with Gasteiger partial charge in [-0.2, -0.15) is 13.2 Å². The van der Waals surface area contributed by atoms with Crippen LogP contribution in [-0.2, 0) is 10.9 Å². The van der Waals surface area contributed by atoms with Crippen molar-refractivity contribution >= 4 is 11.6 Å². The van der Waals surface area contributed by atoms with Crippen LogP contribution in [0.25, 0.3) is 0 Å². The molecule has 0 aliphatic rings. The van der Waals surface area contributed by atoms with Gasteiger partial charge in [0.25, 0.3) is 5.91 Å². The summed E-state index contributed by atoms with van der Waals surface area (Å²) in [4.78, 5) is 13.8. The molecule has 0 spiro atoms. The van der Waals surface area contributed by atoms with Gasteiger partial charge >= 0.3 is 6.18 Å². The second-order valence-electron chi connectivity index (χ2n) is 4.88. The highest BCUT2D eigenvalue weighted by atomic mass is 19.4. The lowest BCUT2D eigenvalue weighted by Crippen LogP contribution is -2.39. The summed E-state index contributed by atoms with van der Waals surface area (Å²) >= 11 is 0. The number of hydrogen-bond donors (Lipinski definition) is 1. The van der Waals surface area contributed by atoms with Crippen molar-refractivity contribution in [1.82, 2.24) is 4.90 Å². The number of halogens is 3. The number of rotatable bonds is 5. The van der Waals surface area contributed by atoms with E-state index in [2.05, 4.69) is 0 Å². The van der Waals surface area contributed by atoms with Gasteiger partial charge in [-0.3, -0.25) is 4.79 Å². The third-order valence-electron chi connectivity index (χ3n) is 3.03. The largest absolute Gasteiger partial charge is 0.418 e. The van der Waals surface area contributed by atoms with E-state index < -0.39 is 23.3 Å². The van der Waals surface area contributed by atoms with Gasteiger partial charge in [0.05, 0.1) is 12.2 Å². The molecule has 1 rings (SSSR count). The molecule has 0 aromatic heterocycles. The molecule has 0 atom stereocenters. The van der Waals surface area contributed by atoms with Crippen molar-refractivity contribution < 1.29 is 22.7 Å². The van der Waals surface area contributed by atoms with E-state index in [0.717, 1.165) is 12.1 Å². The average molecular weight is 304 g/mol. The number of anilines is 1. The molecule has 4 nitrogen and oxygen atoms in total. The van der Waals surface area contributed by atoms with Gasteiger partial charge in [-0.15, -0.1) is 0 Å². The van der Waals surface area contributed by atoms with Crippen molar-refractivity contribution in [2.75, 3.05) is 26.0 Å². The van der Waals surface area contributed by atoms with Crippen molar-refractivity contribution in [3.8, 4) is 0 Å². The summed E-state index contributed by atoms with van der Waals surface area (Å²) in [7, 11) is 1.49. The molecule has 118 valence electrons. The second-order valence-corrected chi connectivity index (χ2v) is 4.88. The van der Waals surface area contributed by atoms with Gasteiger partial charge < -0.3 is 15.4 Å². The highest BCUT2D eigenvalue weighted by Gasteiger charge is 2.34. The fourth-order valence-corrected chi connectivity index (χ4v) is 1.88. The number of nitrogens with zero attached hydrogens (tertiary/aromatic N) is 1. The number of methoxy groups -OCH3 is 1. The predicted molar refractivity (Wildman–Crippen MR) is 73.9 cm³/mol. The molecular formula is C14H19F3N2O2. The Morgan fingerprint density at radius 3 is 2.48 bits per heavy atom. The molecule has 0 radical (unpaired) electrons. The third kappa shape index (κ3) is 4.35. The first-order chi connectivity index (χ1) is 9.68. The summed E-state index contributed by atoms with van der Waals surface area (Å²) in [6.45, 7) is 4.19. The molecule has 0 aliphatic carbocycles. The van der Waals surface area contributed by atoms with Gasteiger partial charge in [-0.05, 0) is 32.0 Å². The number of carbonyl (C=O) groups is 1. The van der Waals surface area contributed by atoms with E-state index in [9.17, 15) is 18.0 Å². The van der Waals surface area contributed by atoms with Crippen molar-refractivity contribution in [2.45, 2.75) is 26.1 Å². The van der Waals surface area contributed by atoms with Crippen molar-refractivity contribution in [2.24, 2.45) is 0 Å². The highest BCUT2D eigenvalue weighted by Crippen LogP contribution is 2.34. The van der Waals surface area contributed by atoms with Gasteiger partial charge in [0.15, 0.2) is 0 Å². The molecule has 0 saturated carbocycles. The number of nitrogens with two attached hydrogens (primary N) is 1. The van der Waals surface area contributed by atoms with Gasteiger partial charge in [-0.1, -0.05) is 0 Å². The van der Waals surface area contributed by atoms with Crippen molar-refractivity contribution in [1.29, 1.82) is 0 Å². The minimum atomic E-state index is -4.59. The van der Waals surface area contributed by atoms with E-state index in [1.54, 1.807) is 13.8 Å². The highest BCUT2D eigenvalue weighted by molar-refractivity contribution is 5.95. The molecule has 1 amide bonds. The molecule has 21 heavy (non-hydrogen) atoms. The standard InChI is InChI=1S/C14H19F3N2O2/c1-9(2)19(6-7-21-3)13(20)10-4-5-12(18)11(8-10)14(15,16)17/h4-5,8-9H,6-7,18H2,1-3H3. The normalized spacial score (nSPS) is 11.8. The number of nitrogen functional groups attached to an aromatic ring is 1. The Morgan fingerprint density at radius 1 is 1.38 bits per heavy atom. The second kappa shape index (κ2) is 6.80. The molecule has 0 bridgehead atoms. The number of ether oxygens (including phenoxy) is 1. The summed E-state index contributed by atoms with van der Waals surface area (Å²) in [5.74, 6) is -0.479. The summed E-state index contributed by atoms with van der Waals surface area (Å²) < 4.78 is 43.4. The van der Waals surface area contributed by atoms with Crippen LogP contribution in [0.2, 0.25) is 0 Å². The zero-order valence-corrected chi connectivity index (χ0v) is 12.2. The Morgan fingerprint density at radius 2 is 2.00 bits per heavy atom. The maximum Gasteiger partial charge on any atom is 0.418 e. The van der Waals surface area contributed by atoms with E-state index in [1.807, 2.05) is 0 Å². The Hall–Kier alpha value is -1.76. The molecule has 1 aromatic rings. The Labute approximate surface area is 121 Å². The quantitative estimate of drug-likeness (QED) is 0.851. The number of amides is 1. The molecule has 0 aliphatic heterocycles. The Kier molecular flexibility index (Phi) is 5.60. The zero-order valence-electron chi connectivity index (χ0n) is 12.2. The van der Waals surface area contributed by atoms with Crippen LogP contribution in [0.15, 0.2) is 18.2 Å². The maximum absolute atomic E-state index is 12.8. The van der Waals surface area contributed by atoms with Crippen LogP contribution >= 0.6 is 0 Å². The fraction of sp³-hybridized carbons (Fsp3) is 0.500. The molecule has 0 saturated heterocycles. The minimum Gasteiger partial charge on any atom is -0.398 e. The van der Waals surface area contributed by atoms with Crippen LogP contribution in [0.4, 0.5) is 18.9 Å². The first-order valence-electron chi connectivity index (χ1n) is 6.45. The number of hydrogen-bond acceptors (Lipinski definition) is 3. The Balaban J connectivity index is 3.11. The lowest BCUT2D eigenvalue weighted by atomic mass is 10.1. The average Bonchev–Trinajstić information content (AvgIpc) is 2.37. The summed E-state index contributed by atoms with van der Waals surface area (Å²) in [6, 6.07) is 3.04. The minimum absolute atomic E-state index is 0.0404. The third-order valence-corrected chi connectivity index (χ3v) is 3.03. The monoisotopic (exact) mass is 304 g/mol. The predicted octanol–water partition coefficient (Wildman–Crippen LogP) is 2.78. The van der Waals surface area contributed by atoms with Crippen LogP contribution in [-0.4, -0.2) is 37.1 Å². The van der Waals surface area contributed by atoms with Crippen molar-refractivity contribution in [3.05, 3.63) is 29.3 Å². The summed E-state index contributed by atoms with van der Waals surface area (Å²) in [5, 5.41) is 0. The molecule has 2 N–H and O–H groups in total. The van der Waals surface area contributed by atoms with E-state index in [4.69, 9.17) is 10.5 Å². The number of benzene rings is 1. The van der Waals surface area contributed by atoms with Crippen LogP contribution < -0.4 is 5.73 Å². The number of carbonyl (C=O) groups excluding carboxylic acids is 1. The van der Waals surface area contributed by atoms with Crippen LogP contribution in [0.3, 0.4) is 0 Å². The van der Waals surface area contributed by atoms with Crippen LogP contribution in [0.1, 0.15) is 29.8 Å². The smallest absolute Gasteiger partial charge is 0.398 e. The Bertz CT molecular complexity index is 501. The van der Waals surface area contributed by atoms with E-state index in [1.165, 1.54) is 18.1 Å². The van der Waals surface area contributed by atoms with Gasteiger partial charge in [-0.25, -0.2) is 0 Å². The van der Waals surface area contributed by atoms with Gasteiger partial charge in [0.2, 0.25) is 0 Å². The van der Waals surface area contributed by atoms with E-state index in [-0.39, 0.29) is 11.6 Å². The molecular weight excluding hydrogens is 285 g/mol.